The van der Waals surface area contributed by atoms with Crippen molar-refractivity contribution in [2.75, 3.05) is 19.6 Å². The largest absolute Gasteiger partial charge is 0.481 e. The highest BCUT2D eigenvalue weighted by atomic mass is 35.5. The van der Waals surface area contributed by atoms with Gasteiger partial charge in [0.25, 0.3) is 0 Å². The summed E-state index contributed by atoms with van der Waals surface area (Å²) in [4.78, 5) is 13.5. The number of carbonyl (C=O) groups is 1. The van der Waals surface area contributed by atoms with Gasteiger partial charge in [-0.05, 0) is 31.9 Å². The highest BCUT2D eigenvalue weighted by Gasteiger charge is 2.43. The molecule has 4 heteroatoms. The molecule has 0 aromatic carbocycles. The summed E-state index contributed by atoms with van der Waals surface area (Å²) < 4.78 is 0. The number of rotatable bonds is 5. The Bertz CT molecular complexity index is 291. The molecule has 0 aliphatic carbocycles. The molecule has 3 nitrogen and oxygen atoms in total. The quantitative estimate of drug-likeness (QED) is 0.810. The minimum atomic E-state index is -0.649. The molecule has 1 fully saturated rings. The van der Waals surface area contributed by atoms with Crippen molar-refractivity contribution in [3.05, 3.63) is 11.1 Å². The molecular formula is C12H20ClNO2. The standard InChI is InChI=1S/C12H20ClNO2/c1-3-4-12(11(15)16)5-6-14(9-12)8-10(2)7-13/h7H,3-6,8-9H2,1-2H3,(H,15,16). The van der Waals surface area contributed by atoms with Crippen molar-refractivity contribution in [2.45, 2.75) is 33.1 Å². The van der Waals surface area contributed by atoms with E-state index in [9.17, 15) is 9.90 Å². The molecule has 92 valence electrons. The Morgan fingerprint density at radius 2 is 2.31 bits per heavy atom. The van der Waals surface area contributed by atoms with E-state index < -0.39 is 11.4 Å². The maximum absolute atomic E-state index is 11.3. The predicted octanol–water partition coefficient (Wildman–Crippen LogP) is 2.71. The second-order valence-corrected chi connectivity index (χ2v) is 4.97. The second kappa shape index (κ2) is 5.69. The van der Waals surface area contributed by atoms with Crippen LogP contribution >= 0.6 is 11.6 Å². The number of aliphatic carboxylic acids is 1. The Kier molecular flexibility index (Phi) is 4.81. The molecule has 0 amide bonds. The molecule has 0 radical (unpaired) electrons. The van der Waals surface area contributed by atoms with Crippen molar-refractivity contribution in [3.63, 3.8) is 0 Å². The van der Waals surface area contributed by atoms with Crippen LogP contribution in [0.5, 0.6) is 0 Å². The molecular weight excluding hydrogens is 226 g/mol. The van der Waals surface area contributed by atoms with Gasteiger partial charge in [0.15, 0.2) is 0 Å². The zero-order chi connectivity index (χ0) is 12.2. The summed E-state index contributed by atoms with van der Waals surface area (Å²) in [7, 11) is 0. The third-order valence-electron chi connectivity index (χ3n) is 3.27. The van der Waals surface area contributed by atoms with E-state index in [1.165, 1.54) is 0 Å². The average molecular weight is 246 g/mol. The van der Waals surface area contributed by atoms with Crippen LogP contribution in [0.1, 0.15) is 33.1 Å². The summed E-state index contributed by atoms with van der Waals surface area (Å²) in [6.45, 7) is 6.29. The lowest BCUT2D eigenvalue weighted by atomic mass is 9.83. The van der Waals surface area contributed by atoms with E-state index in [2.05, 4.69) is 4.90 Å². The SMILES string of the molecule is CCCC1(C(=O)O)CCN(CC(C)=CCl)C1. The van der Waals surface area contributed by atoms with Gasteiger partial charge < -0.3 is 5.11 Å². The molecule has 0 saturated carbocycles. The topological polar surface area (TPSA) is 40.5 Å². The van der Waals surface area contributed by atoms with Gasteiger partial charge in [0.2, 0.25) is 0 Å². The molecule has 16 heavy (non-hydrogen) atoms. The van der Waals surface area contributed by atoms with Crippen molar-refractivity contribution in [1.29, 1.82) is 0 Å². The molecule has 1 N–H and O–H groups in total. The van der Waals surface area contributed by atoms with Crippen LogP contribution < -0.4 is 0 Å². The average Bonchev–Trinajstić information content (AvgIpc) is 2.63. The van der Waals surface area contributed by atoms with E-state index in [0.29, 0.717) is 6.54 Å². The van der Waals surface area contributed by atoms with Crippen LogP contribution in [0, 0.1) is 5.41 Å². The number of carboxylic acids is 1. The van der Waals surface area contributed by atoms with Crippen molar-refractivity contribution >= 4 is 17.6 Å². The lowest BCUT2D eigenvalue weighted by Gasteiger charge is -2.24. The number of hydrogen-bond donors (Lipinski definition) is 1. The van der Waals surface area contributed by atoms with E-state index in [4.69, 9.17) is 11.6 Å². The first kappa shape index (κ1) is 13.5. The summed E-state index contributed by atoms with van der Waals surface area (Å²) in [5.74, 6) is -0.649. The minimum absolute atomic E-state index is 0.526. The number of likely N-dealkylation sites (tertiary alicyclic amines) is 1. The Labute approximate surface area is 102 Å². The summed E-state index contributed by atoms with van der Waals surface area (Å²) in [6.07, 6.45) is 2.44. The summed E-state index contributed by atoms with van der Waals surface area (Å²) in [6, 6.07) is 0. The van der Waals surface area contributed by atoms with Crippen molar-refractivity contribution in [3.8, 4) is 0 Å². The number of halogens is 1. The van der Waals surface area contributed by atoms with Crippen LogP contribution in [0.25, 0.3) is 0 Å². The van der Waals surface area contributed by atoms with Gasteiger partial charge in [-0.3, -0.25) is 9.69 Å². The molecule has 1 aliphatic heterocycles. The summed E-state index contributed by atoms with van der Waals surface area (Å²) in [5, 5.41) is 9.34. The lowest BCUT2D eigenvalue weighted by molar-refractivity contribution is -0.148. The highest BCUT2D eigenvalue weighted by molar-refractivity contribution is 6.25. The van der Waals surface area contributed by atoms with Gasteiger partial charge in [0, 0.05) is 18.6 Å². The van der Waals surface area contributed by atoms with Gasteiger partial charge >= 0.3 is 5.97 Å². The molecule has 0 aromatic heterocycles. The highest BCUT2D eigenvalue weighted by Crippen LogP contribution is 2.35. The predicted molar refractivity (Wildman–Crippen MR) is 65.6 cm³/mol. The molecule has 0 bridgehead atoms. The van der Waals surface area contributed by atoms with Crippen LogP contribution in [0.2, 0.25) is 0 Å². The van der Waals surface area contributed by atoms with Crippen LogP contribution in [-0.2, 0) is 4.79 Å². The second-order valence-electron chi connectivity index (χ2n) is 4.75. The monoisotopic (exact) mass is 245 g/mol. The minimum Gasteiger partial charge on any atom is -0.481 e. The van der Waals surface area contributed by atoms with Gasteiger partial charge in [0.05, 0.1) is 5.41 Å². The van der Waals surface area contributed by atoms with Gasteiger partial charge in [-0.2, -0.15) is 0 Å². The zero-order valence-corrected chi connectivity index (χ0v) is 10.8. The van der Waals surface area contributed by atoms with Crippen molar-refractivity contribution in [2.24, 2.45) is 5.41 Å². The number of carboxylic acid groups (broad SMARTS) is 1. The number of nitrogens with zero attached hydrogens (tertiary/aromatic N) is 1. The first-order chi connectivity index (χ1) is 7.54. The van der Waals surface area contributed by atoms with Gasteiger partial charge in [-0.1, -0.05) is 24.9 Å². The fourth-order valence-electron chi connectivity index (χ4n) is 2.44. The summed E-state index contributed by atoms with van der Waals surface area (Å²) in [5.41, 5.74) is 2.13. The van der Waals surface area contributed by atoms with Gasteiger partial charge in [-0.25, -0.2) is 0 Å². The Hall–Kier alpha value is -0.540. The fourth-order valence-corrected chi connectivity index (χ4v) is 2.51. The van der Waals surface area contributed by atoms with E-state index in [0.717, 1.165) is 37.9 Å². The van der Waals surface area contributed by atoms with E-state index in [-0.39, 0.29) is 0 Å². The van der Waals surface area contributed by atoms with Crippen molar-refractivity contribution < 1.29 is 9.90 Å². The molecule has 0 spiro atoms. The lowest BCUT2D eigenvalue weighted by Crippen LogP contribution is -2.35. The number of hydrogen-bond acceptors (Lipinski definition) is 2. The maximum Gasteiger partial charge on any atom is 0.310 e. The first-order valence-electron chi connectivity index (χ1n) is 5.75. The molecule has 1 atom stereocenters. The van der Waals surface area contributed by atoms with Crippen molar-refractivity contribution in [1.82, 2.24) is 4.90 Å². The van der Waals surface area contributed by atoms with E-state index in [1.807, 2.05) is 13.8 Å². The zero-order valence-electron chi connectivity index (χ0n) is 10.0. The molecule has 0 aromatic rings. The van der Waals surface area contributed by atoms with Crippen LogP contribution in [0.15, 0.2) is 11.1 Å². The van der Waals surface area contributed by atoms with Gasteiger partial charge in [-0.15, -0.1) is 0 Å². The molecule has 1 heterocycles. The molecule has 1 saturated heterocycles. The first-order valence-corrected chi connectivity index (χ1v) is 6.19. The van der Waals surface area contributed by atoms with Crippen LogP contribution in [-0.4, -0.2) is 35.6 Å². The van der Waals surface area contributed by atoms with Crippen LogP contribution in [0.4, 0.5) is 0 Å². The maximum atomic E-state index is 11.3. The van der Waals surface area contributed by atoms with E-state index >= 15 is 0 Å². The van der Waals surface area contributed by atoms with Crippen LogP contribution in [0.3, 0.4) is 0 Å². The third-order valence-corrected chi connectivity index (χ3v) is 3.65. The molecule has 1 rings (SSSR count). The van der Waals surface area contributed by atoms with Gasteiger partial charge in [0.1, 0.15) is 0 Å². The molecule has 1 unspecified atom stereocenters. The molecule has 1 aliphatic rings. The normalized spacial score (nSPS) is 27.3. The summed E-state index contributed by atoms with van der Waals surface area (Å²) >= 11 is 5.62. The Morgan fingerprint density at radius 3 is 2.81 bits per heavy atom. The smallest absolute Gasteiger partial charge is 0.310 e. The van der Waals surface area contributed by atoms with E-state index in [1.54, 1.807) is 5.54 Å². The Morgan fingerprint density at radius 1 is 1.62 bits per heavy atom. The third kappa shape index (κ3) is 2.98. The fraction of sp³-hybridized carbons (Fsp3) is 0.750. The Balaban J connectivity index is 2.63.